The molecule has 1 heterocycles. The number of hydrogen-bond donors (Lipinski definition) is 1. The number of aromatic nitrogens is 1. The molecular weight excluding hydrogens is 232 g/mol. The van der Waals surface area contributed by atoms with Crippen LogP contribution in [0.15, 0.2) is 30.5 Å². The van der Waals surface area contributed by atoms with Gasteiger partial charge in [0.05, 0.1) is 0 Å². The van der Waals surface area contributed by atoms with Gasteiger partial charge in [-0.05, 0) is 54.3 Å². The maximum absolute atomic E-state index is 5.57. The molecule has 0 radical (unpaired) electrons. The topological polar surface area (TPSA) is 38.9 Å². The summed E-state index contributed by atoms with van der Waals surface area (Å²) < 4.78 is 0. The van der Waals surface area contributed by atoms with Gasteiger partial charge in [-0.2, -0.15) is 0 Å². The molecule has 0 bridgehead atoms. The molecule has 2 rings (SSSR count). The van der Waals surface area contributed by atoms with Crippen LogP contribution in [0.3, 0.4) is 0 Å². The molecule has 0 aliphatic heterocycles. The number of fused-ring (bicyclic) bond motifs is 1. The van der Waals surface area contributed by atoms with Crippen LogP contribution in [0.2, 0.25) is 0 Å². The second kappa shape index (κ2) is 5.70. The van der Waals surface area contributed by atoms with E-state index in [-0.39, 0.29) is 5.41 Å². The molecular formula is C17H24N2. The van der Waals surface area contributed by atoms with E-state index < -0.39 is 0 Å². The Morgan fingerprint density at radius 2 is 1.89 bits per heavy atom. The molecule has 0 amide bonds. The Hall–Kier alpha value is -1.41. The summed E-state index contributed by atoms with van der Waals surface area (Å²) in [5.74, 6) is 0. The average molecular weight is 256 g/mol. The van der Waals surface area contributed by atoms with E-state index in [0.717, 1.165) is 25.8 Å². The third-order valence-electron chi connectivity index (χ3n) is 3.58. The van der Waals surface area contributed by atoms with E-state index in [1.165, 1.54) is 22.0 Å². The highest BCUT2D eigenvalue weighted by molar-refractivity contribution is 5.85. The van der Waals surface area contributed by atoms with Crippen molar-refractivity contribution in [1.29, 1.82) is 0 Å². The molecule has 0 spiro atoms. The van der Waals surface area contributed by atoms with E-state index in [9.17, 15) is 0 Å². The molecule has 2 heteroatoms. The molecule has 2 N–H and O–H groups in total. The molecule has 0 unspecified atom stereocenters. The van der Waals surface area contributed by atoms with Crippen molar-refractivity contribution in [2.24, 2.45) is 5.73 Å². The molecule has 0 aliphatic rings. The first-order valence-corrected chi connectivity index (χ1v) is 7.10. The highest BCUT2D eigenvalue weighted by Crippen LogP contribution is 2.27. The van der Waals surface area contributed by atoms with Gasteiger partial charge in [-0.25, -0.2) is 0 Å². The Morgan fingerprint density at radius 3 is 2.58 bits per heavy atom. The molecule has 0 saturated heterocycles. The van der Waals surface area contributed by atoms with E-state index in [1.807, 2.05) is 6.20 Å². The van der Waals surface area contributed by atoms with Crippen LogP contribution in [-0.2, 0) is 11.8 Å². The Labute approximate surface area is 116 Å². The monoisotopic (exact) mass is 256 g/mol. The molecule has 1 aromatic heterocycles. The minimum Gasteiger partial charge on any atom is -0.330 e. The minimum absolute atomic E-state index is 0.179. The smallest absolute Gasteiger partial charge is 0.0481 e. The zero-order valence-corrected chi connectivity index (χ0v) is 12.2. The van der Waals surface area contributed by atoms with Gasteiger partial charge in [-0.15, -0.1) is 0 Å². The maximum Gasteiger partial charge on any atom is 0.0481 e. The quantitative estimate of drug-likeness (QED) is 0.845. The lowest BCUT2D eigenvalue weighted by Crippen LogP contribution is -2.11. The van der Waals surface area contributed by atoms with E-state index in [0.29, 0.717) is 0 Å². The summed E-state index contributed by atoms with van der Waals surface area (Å²) in [5.41, 5.74) is 8.32. The van der Waals surface area contributed by atoms with Crippen LogP contribution in [0, 0.1) is 0 Å². The Kier molecular flexibility index (Phi) is 4.20. The van der Waals surface area contributed by atoms with Gasteiger partial charge in [0.2, 0.25) is 0 Å². The van der Waals surface area contributed by atoms with Crippen LogP contribution in [-0.4, -0.2) is 11.5 Å². The Balaban J connectivity index is 2.40. The van der Waals surface area contributed by atoms with Gasteiger partial charge >= 0.3 is 0 Å². The summed E-state index contributed by atoms with van der Waals surface area (Å²) in [6.45, 7) is 7.51. The van der Waals surface area contributed by atoms with Crippen LogP contribution < -0.4 is 5.73 Å². The van der Waals surface area contributed by atoms with Gasteiger partial charge in [0.15, 0.2) is 0 Å². The van der Waals surface area contributed by atoms with Crippen LogP contribution >= 0.6 is 0 Å². The normalized spacial score (nSPS) is 12.0. The lowest BCUT2D eigenvalue weighted by Gasteiger charge is -2.20. The third kappa shape index (κ3) is 3.32. The summed E-state index contributed by atoms with van der Waals surface area (Å²) in [5, 5.41) is 2.58. The van der Waals surface area contributed by atoms with Crippen LogP contribution in [0.5, 0.6) is 0 Å². The van der Waals surface area contributed by atoms with Crippen molar-refractivity contribution in [3.8, 4) is 0 Å². The highest BCUT2D eigenvalue weighted by atomic mass is 14.7. The second-order valence-corrected chi connectivity index (χ2v) is 6.19. The van der Waals surface area contributed by atoms with Gasteiger partial charge in [0.25, 0.3) is 0 Å². The molecule has 0 aliphatic carbocycles. The van der Waals surface area contributed by atoms with Crippen LogP contribution in [0.1, 0.15) is 44.9 Å². The van der Waals surface area contributed by atoms with E-state index >= 15 is 0 Å². The largest absolute Gasteiger partial charge is 0.330 e. The van der Waals surface area contributed by atoms with Gasteiger partial charge in [-0.1, -0.05) is 32.9 Å². The number of pyridine rings is 1. The number of hydrogen-bond acceptors (Lipinski definition) is 2. The first-order valence-electron chi connectivity index (χ1n) is 7.10. The fraction of sp³-hybridized carbons (Fsp3) is 0.471. The van der Waals surface area contributed by atoms with Crippen molar-refractivity contribution in [3.05, 3.63) is 41.7 Å². The van der Waals surface area contributed by atoms with E-state index in [2.05, 4.69) is 50.0 Å². The predicted molar refractivity (Wildman–Crippen MR) is 82.4 cm³/mol. The summed E-state index contributed by atoms with van der Waals surface area (Å²) in [7, 11) is 0. The SMILES string of the molecule is CC(C)(C)c1ccc2ccnc(CCCCN)c2c1. The highest BCUT2D eigenvalue weighted by Gasteiger charge is 2.14. The zero-order chi connectivity index (χ0) is 13.9. The van der Waals surface area contributed by atoms with Crippen LogP contribution in [0.4, 0.5) is 0 Å². The van der Waals surface area contributed by atoms with Crippen molar-refractivity contribution < 1.29 is 0 Å². The second-order valence-electron chi connectivity index (χ2n) is 6.19. The zero-order valence-electron chi connectivity index (χ0n) is 12.2. The third-order valence-corrected chi connectivity index (χ3v) is 3.58. The van der Waals surface area contributed by atoms with Crippen molar-refractivity contribution in [2.75, 3.05) is 6.54 Å². The van der Waals surface area contributed by atoms with Crippen molar-refractivity contribution in [2.45, 2.75) is 45.4 Å². The number of aryl methyl sites for hydroxylation is 1. The number of nitrogens with two attached hydrogens (primary N) is 1. The summed E-state index contributed by atoms with van der Waals surface area (Å²) in [6.07, 6.45) is 5.11. The molecule has 0 atom stereocenters. The number of rotatable bonds is 4. The summed E-state index contributed by atoms with van der Waals surface area (Å²) in [4.78, 5) is 4.56. The Bertz CT molecular complexity index is 553. The van der Waals surface area contributed by atoms with E-state index in [4.69, 9.17) is 5.73 Å². The fourth-order valence-electron chi connectivity index (χ4n) is 2.33. The van der Waals surface area contributed by atoms with Gasteiger partial charge in [0, 0.05) is 17.3 Å². The van der Waals surface area contributed by atoms with Crippen molar-refractivity contribution >= 4 is 10.8 Å². The number of unbranched alkanes of at least 4 members (excludes halogenated alkanes) is 1. The first kappa shape index (κ1) is 14.0. The fourth-order valence-corrected chi connectivity index (χ4v) is 2.33. The number of benzene rings is 1. The molecule has 102 valence electrons. The van der Waals surface area contributed by atoms with Gasteiger partial charge < -0.3 is 5.73 Å². The lowest BCUT2D eigenvalue weighted by molar-refractivity contribution is 0.591. The summed E-state index contributed by atoms with van der Waals surface area (Å²) >= 11 is 0. The minimum atomic E-state index is 0.179. The van der Waals surface area contributed by atoms with Gasteiger partial charge in [-0.3, -0.25) is 4.98 Å². The molecule has 0 fully saturated rings. The molecule has 1 aromatic carbocycles. The summed E-state index contributed by atoms with van der Waals surface area (Å²) in [6, 6.07) is 8.84. The van der Waals surface area contributed by atoms with Crippen LogP contribution in [0.25, 0.3) is 10.8 Å². The first-order chi connectivity index (χ1) is 9.02. The standard InChI is InChI=1S/C17H24N2/c1-17(2,3)14-8-7-13-9-11-19-16(15(13)12-14)6-4-5-10-18/h7-9,11-12H,4-6,10,18H2,1-3H3. The number of nitrogens with zero attached hydrogens (tertiary/aromatic N) is 1. The maximum atomic E-state index is 5.57. The van der Waals surface area contributed by atoms with Crippen molar-refractivity contribution in [1.82, 2.24) is 4.98 Å². The molecule has 19 heavy (non-hydrogen) atoms. The van der Waals surface area contributed by atoms with E-state index in [1.54, 1.807) is 0 Å². The molecule has 2 nitrogen and oxygen atoms in total. The average Bonchev–Trinajstić information content (AvgIpc) is 2.37. The molecule has 0 saturated carbocycles. The molecule has 2 aromatic rings. The lowest BCUT2D eigenvalue weighted by atomic mass is 9.85. The van der Waals surface area contributed by atoms with Gasteiger partial charge in [0.1, 0.15) is 0 Å². The predicted octanol–water partition coefficient (Wildman–Crippen LogP) is 3.81. The Morgan fingerprint density at radius 1 is 1.11 bits per heavy atom. The van der Waals surface area contributed by atoms with Crippen molar-refractivity contribution in [3.63, 3.8) is 0 Å².